The van der Waals surface area contributed by atoms with Crippen LogP contribution in [0.3, 0.4) is 0 Å². The van der Waals surface area contributed by atoms with E-state index in [1.54, 1.807) is 0 Å². The van der Waals surface area contributed by atoms with Gasteiger partial charge in [-0.25, -0.2) is 0 Å². The molecular formula is C19H33NO. The van der Waals surface area contributed by atoms with Crippen molar-refractivity contribution >= 4 is 0 Å². The van der Waals surface area contributed by atoms with Gasteiger partial charge in [-0.3, -0.25) is 0 Å². The van der Waals surface area contributed by atoms with Crippen LogP contribution in [0, 0.1) is 0 Å². The van der Waals surface area contributed by atoms with Gasteiger partial charge in [0.05, 0.1) is 6.10 Å². The highest BCUT2D eigenvalue weighted by molar-refractivity contribution is 5.32. The maximum atomic E-state index is 5.72. The number of ether oxygens (including phenoxy) is 1. The zero-order valence-corrected chi connectivity index (χ0v) is 15.1. The molecule has 0 fully saturated rings. The van der Waals surface area contributed by atoms with Crippen LogP contribution in [0.5, 0.6) is 5.75 Å². The van der Waals surface area contributed by atoms with Crippen molar-refractivity contribution in [3.05, 3.63) is 29.8 Å². The van der Waals surface area contributed by atoms with Crippen LogP contribution in [0.1, 0.15) is 67.4 Å². The van der Waals surface area contributed by atoms with Crippen molar-refractivity contribution in [3.8, 4) is 5.75 Å². The van der Waals surface area contributed by atoms with Gasteiger partial charge in [-0.05, 0) is 57.2 Å². The smallest absolute Gasteiger partial charge is 0.119 e. The standard InChI is InChI=1S/C19H33NO/c1-14(2)20-19(7,8)13-18(5,6)16-9-11-17(12-10-16)21-15(3)4/h9-12,14-15,20H,13H2,1-8H3. The minimum Gasteiger partial charge on any atom is -0.491 e. The lowest BCUT2D eigenvalue weighted by atomic mass is 9.75. The Morgan fingerprint density at radius 2 is 1.48 bits per heavy atom. The molecule has 2 nitrogen and oxygen atoms in total. The van der Waals surface area contributed by atoms with Crippen molar-refractivity contribution in [3.63, 3.8) is 0 Å². The molecule has 0 aromatic heterocycles. The molecule has 0 aliphatic rings. The predicted octanol–water partition coefficient (Wildman–Crippen LogP) is 4.92. The highest BCUT2D eigenvalue weighted by Gasteiger charge is 2.30. The van der Waals surface area contributed by atoms with E-state index in [2.05, 4.69) is 85.0 Å². The third kappa shape index (κ3) is 6.09. The van der Waals surface area contributed by atoms with Crippen molar-refractivity contribution in [1.82, 2.24) is 5.32 Å². The maximum Gasteiger partial charge on any atom is 0.119 e. The molecule has 21 heavy (non-hydrogen) atoms. The van der Waals surface area contributed by atoms with Crippen molar-refractivity contribution in [2.75, 3.05) is 0 Å². The summed E-state index contributed by atoms with van der Waals surface area (Å²) in [5, 5.41) is 3.66. The highest BCUT2D eigenvalue weighted by atomic mass is 16.5. The van der Waals surface area contributed by atoms with Crippen molar-refractivity contribution in [1.29, 1.82) is 0 Å². The SMILES string of the molecule is CC(C)NC(C)(C)CC(C)(C)c1ccc(OC(C)C)cc1. The van der Waals surface area contributed by atoms with Crippen LogP contribution in [-0.2, 0) is 5.41 Å². The van der Waals surface area contributed by atoms with E-state index in [0.29, 0.717) is 6.04 Å². The minimum atomic E-state index is 0.116. The van der Waals surface area contributed by atoms with E-state index in [-0.39, 0.29) is 17.1 Å². The summed E-state index contributed by atoms with van der Waals surface area (Å²) in [6, 6.07) is 9.06. The molecule has 0 amide bonds. The van der Waals surface area contributed by atoms with Gasteiger partial charge in [0.1, 0.15) is 5.75 Å². The van der Waals surface area contributed by atoms with E-state index in [0.717, 1.165) is 12.2 Å². The molecule has 0 aliphatic carbocycles. The second-order valence-corrected chi connectivity index (χ2v) is 7.93. The Kier molecular flexibility index (Phi) is 5.86. The van der Waals surface area contributed by atoms with Gasteiger partial charge < -0.3 is 10.1 Å². The molecule has 0 radical (unpaired) electrons. The van der Waals surface area contributed by atoms with Gasteiger partial charge >= 0.3 is 0 Å². The Hall–Kier alpha value is -1.02. The van der Waals surface area contributed by atoms with Crippen LogP contribution in [-0.4, -0.2) is 17.7 Å². The molecular weight excluding hydrogens is 258 g/mol. The topological polar surface area (TPSA) is 21.3 Å². The van der Waals surface area contributed by atoms with Gasteiger partial charge in [-0.1, -0.05) is 39.8 Å². The fraction of sp³-hybridized carbons (Fsp3) is 0.684. The van der Waals surface area contributed by atoms with Crippen LogP contribution < -0.4 is 10.1 Å². The lowest BCUT2D eigenvalue weighted by Crippen LogP contribution is -2.47. The number of rotatable bonds is 7. The summed E-state index contributed by atoms with van der Waals surface area (Å²) in [5.41, 5.74) is 1.60. The van der Waals surface area contributed by atoms with Crippen LogP contribution in [0.4, 0.5) is 0 Å². The average Bonchev–Trinajstić information content (AvgIpc) is 2.24. The summed E-state index contributed by atoms with van der Waals surface area (Å²) < 4.78 is 5.72. The quantitative estimate of drug-likeness (QED) is 0.770. The predicted molar refractivity (Wildman–Crippen MR) is 92.2 cm³/mol. The molecule has 1 rings (SSSR count). The number of nitrogens with one attached hydrogen (secondary N) is 1. The van der Waals surface area contributed by atoms with Gasteiger partial charge in [-0.2, -0.15) is 0 Å². The van der Waals surface area contributed by atoms with Crippen LogP contribution in [0.2, 0.25) is 0 Å². The Morgan fingerprint density at radius 3 is 1.90 bits per heavy atom. The first-order valence-electron chi connectivity index (χ1n) is 8.07. The van der Waals surface area contributed by atoms with Gasteiger partial charge in [-0.15, -0.1) is 0 Å². The molecule has 0 saturated carbocycles. The van der Waals surface area contributed by atoms with Crippen molar-refractivity contribution in [2.24, 2.45) is 0 Å². The van der Waals surface area contributed by atoms with Crippen LogP contribution >= 0.6 is 0 Å². The lowest BCUT2D eigenvalue weighted by molar-refractivity contribution is 0.242. The minimum absolute atomic E-state index is 0.116. The van der Waals surface area contributed by atoms with Gasteiger partial charge in [0, 0.05) is 11.6 Å². The molecule has 0 heterocycles. The summed E-state index contributed by atoms with van der Waals surface area (Å²) in [7, 11) is 0. The number of benzene rings is 1. The molecule has 0 saturated heterocycles. The third-order valence-electron chi connectivity index (χ3n) is 3.57. The second kappa shape index (κ2) is 6.83. The van der Waals surface area contributed by atoms with Crippen LogP contribution in [0.25, 0.3) is 0 Å². The van der Waals surface area contributed by atoms with E-state index in [4.69, 9.17) is 4.74 Å². The summed E-state index contributed by atoms with van der Waals surface area (Å²) >= 11 is 0. The highest BCUT2D eigenvalue weighted by Crippen LogP contribution is 2.33. The van der Waals surface area contributed by atoms with E-state index < -0.39 is 0 Å². The molecule has 1 aromatic rings. The van der Waals surface area contributed by atoms with Gasteiger partial charge in [0.15, 0.2) is 0 Å². The zero-order chi connectivity index (χ0) is 16.3. The Balaban J connectivity index is 2.82. The molecule has 0 unspecified atom stereocenters. The van der Waals surface area contributed by atoms with E-state index >= 15 is 0 Å². The average molecular weight is 291 g/mol. The second-order valence-electron chi connectivity index (χ2n) is 7.93. The van der Waals surface area contributed by atoms with Gasteiger partial charge in [0.25, 0.3) is 0 Å². The Labute approximate surface area is 131 Å². The molecule has 2 heteroatoms. The summed E-state index contributed by atoms with van der Waals surface area (Å²) in [6.45, 7) is 17.7. The van der Waals surface area contributed by atoms with Crippen molar-refractivity contribution in [2.45, 2.75) is 84.9 Å². The first kappa shape index (κ1) is 18.0. The van der Waals surface area contributed by atoms with Gasteiger partial charge in [0.2, 0.25) is 0 Å². The van der Waals surface area contributed by atoms with Crippen molar-refractivity contribution < 1.29 is 4.74 Å². The normalized spacial score (nSPS) is 13.0. The fourth-order valence-corrected chi connectivity index (χ4v) is 3.30. The maximum absolute atomic E-state index is 5.72. The summed E-state index contributed by atoms with van der Waals surface area (Å²) in [5.74, 6) is 0.948. The molecule has 1 N–H and O–H groups in total. The van der Waals surface area contributed by atoms with E-state index in [1.165, 1.54) is 5.56 Å². The molecule has 0 spiro atoms. The first-order chi connectivity index (χ1) is 9.52. The van der Waals surface area contributed by atoms with Crippen LogP contribution in [0.15, 0.2) is 24.3 Å². The monoisotopic (exact) mass is 291 g/mol. The Bertz CT molecular complexity index is 429. The number of hydrogen-bond donors (Lipinski definition) is 1. The molecule has 120 valence electrons. The Morgan fingerprint density at radius 1 is 0.952 bits per heavy atom. The zero-order valence-electron chi connectivity index (χ0n) is 15.1. The van der Waals surface area contributed by atoms with E-state index in [1.807, 2.05) is 0 Å². The lowest BCUT2D eigenvalue weighted by Gasteiger charge is -2.37. The largest absolute Gasteiger partial charge is 0.491 e. The summed E-state index contributed by atoms with van der Waals surface area (Å²) in [4.78, 5) is 0. The third-order valence-corrected chi connectivity index (χ3v) is 3.57. The number of hydrogen-bond acceptors (Lipinski definition) is 2. The first-order valence-corrected chi connectivity index (χ1v) is 8.07. The van der Waals surface area contributed by atoms with E-state index in [9.17, 15) is 0 Å². The fourth-order valence-electron chi connectivity index (χ4n) is 3.30. The molecule has 0 bridgehead atoms. The molecule has 0 aliphatic heterocycles. The molecule has 0 atom stereocenters. The molecule has 1 aromatic carbocycles. The summed E-state index contributed by atoms with van der Waals surface area (Å²) in [6.07, 6.45) is 1.31.